The van der Waals surface area contributed by atoms with E-state index < -0.39 is 0 Å². The minimum absolute atomic E-state index is 0.231. The standard InChI is InChI=1S/C24H21ClFN3O/c1-30-24-17(3-2-8-27-24)14-28-9-7-21-18(15-28)12-20(13-22(21)25)29-10-6-16-11-19(26)4-5-23(16)29/h2-6,8,10-13H,7,9,14-15H2,1H3. The van der Waals surface area contributed by atoms with Crippen LogP contribution in [0, 0.1) is 5.82 Å². The first-order valence-electron chi connectivity index (χ1n) is 9.91. The topological polar surface area (TPSA) is 30.3 Å². The van der Waals surface area contributed by atoms with Crippen LogP contribution >= 0.6 is 11.6 Å². The van der Waals surface area contributed by atoms with Crippen LogP contribution in [0.15, 0.2) is 60.9 Å². The van der Waals surface area contributed by atoms with Gasteiger partial charge in [-0.05, 0) is 60.0 Å². The molecule has 0 spiro atoms. The minimum Gasteiger partial charge on any atom is -0.481 e. The molecule has 1 aliphatic heterocycles. The third-order valence-electron chi connectivity index (χ3n) is 5.71. The van der Waals surface area contributed by atoms with Gasteiger partial charge in [0.1, 0.15) is 5.82 Å². The molecule has 3 heterocycles. The lowest BCUT2D eigenvalue weighted by Gasteiger charge is -2.30. The van der Waals surface area contributed by atoms with Crippen molar-refractivity contribution in [1.82, 2.24) is 14.5 Å². The van der Waals surface area contributed by atoms with E-state index in [4.69, 9.17) is 16.3 Å². The Kier molecular flexibility index (Phi) is 4.93. The fourth-order valence-corrected chi connectivity index (χ4v) is 4.60. The van der Waals surface area contributed by atoms with Crippen LogP contribution in [0.25, 0.3) is 16.6 Å². The predicted molar refractivity (Wildman–Crippen MR) is 117 cm³/mol. The van der Waals surface area contributed by atoms with Gasteiger partial charge in [0.25, 0.3) is 0 Å². The number of rotatable bonds is 4. The summed E-state index contributed by atoms with van der Waals surface area (Å²) in [6, 6.07) is 14.9. The van der Waals surface area contributed by atoms with Crippen LogP contribution in [0.5, 0.6) is 5.88 Å². The van der Waals surface area contributed by atoms with E-state index in [0.29, 0.717) is 5.88 Å². The van der Waals surface area contributed by atoms with Gasteiger partial charge in [0.05, 0.1) is 12.6 Å². The average Bonchev–Trinajstić information content (AvgIpc) is 3.17. The van der Waals surface area contributed by atoms with Gasteiger partial charge in [0.2, 0.25) is 5.88 Å². The van der Waals surface area contributed by atoms with Gasteiger partial charge in [-0.25, -0.2) is 9.37 Å². The predicted octanol–water partition coefficient (Wildman–Crippen LogP) is 5.38. The minimum atomic E-state index is -0.231. The van der Waals surface area contributed by atoms with Gasteiger partial charge >= 0.3 is 0 Å². The SMILES string of the molecule is COc1ncccc1CN1CCc2c(Cl)cc(-n3ccc4cc(F)ccc43)cc2C1. The van der Waals surface area contributed by atoms with Crippen LogP contribution in [0.2, 0.25) is 5.02 Å². The molecule has 0 aliphatic carbocycles. The molecule has 152 valence electrons. The van der Waals surface area contributed by atoms with Crippen LogP contribution in [0.4, 0.5) is 4.39 Å². The van der Waals surface area contributed by atoms with Crippen LogP contribution in [-0.4, -0.2) is 28.1 Å². The molecule has 0 amide bonds. The molecule has 0 fully saturated rings. The van der Waals surface area contributed by atoms with Crippen LogP contribution in [0.3, 0.4) is 0 Å². The Morgan fingerprint density at radius 3 is 2.93 bits per heavy atom. The summed E-state index contributed by atoms with van der Waals surface area (Å²) in [5.41, 5.74) is 5.44. The maximum absolute atomic E-state index is 13.6. The van der Waals surface area contributed by atoms with Crippen molar-refractivity contribution in [2.75, 3.05) is 13.7 Å². The van der Waals surface area contributed by atoms with Gasteiger partial charge in [-0.15, -0.1) is 0 Å². The number of halogens is 2. The molecular weight excluding hydrogens is 401 g/mol. The van der Waals surface area contributed by atoms with Gasteiger partial charge in [-0.2, -0.15) is 0 Å². The van der Waals surface area contributed by atoms with Crippen LogP contribution in [0.1, 0.15) is 16.7 Å². The molecule has 0 bridgehead atoms. The molecule has 2 aromatic carbocycles. The number of pyridine rings is 1. The second-order valence-electron chi connectivity index (χ2n) is 7.59. The van der Waals surface area contributed by atoms with Crippen molar-refractivity contribution in [1.29, 1.82) is 0 Å². The maximum atomic E-state index is 13.6. The number of nitrogens with zero attached hydrogens (tertiary/aromatic N) is 3. The molecule has 30 heavy (non-hydrogen) atoms. The third-order valence-corrected chi connectivity index (χ3v) is 6.05. The lowest BCUT2D eigenvalue weighted by atomic mass is 9.98. The molecule has 4 nitrogen and oxygen atoms in total. The molecule has 0 N–H and O–H groups in total. The van der Waals surface area contributed by atoms with E-state index in [1.807, 2.05) is 24.4 Å². The van der Waals surface area contributed by atoms with E-state index in [9.17, 15) is 4.39 Å². The summed E-state index contributed by atoms with van der Waals surface area (Å²) in [6.07, 6.45) is 4.60. The van der Waals surface area contributed by atoms with Crippen LogP contribution < -0.4 is 4.74 Å². The highest BCUT2D eigenvalue weighted by Gasteiger charge is 2.21. The number of methoxy groups -OCH3 is 1. The summed E-state index contributed by atoms with van der Waals surface area (Å²) in [6.45, 7) is 2.49. The van der Waals surface area contributed by atoms with Crippen molar-refractivity contribution in [3.63, 3.8) is 0 Å². The lowest BCUT2D eigenvalue weighted by molar-refractivity contribution is 0.240. The fraction of sp³-hybridized carbons (Fsp3) is 0.208. The Balaban J connectivity index is 1.47. The Bertz CT molecular complexity index is 1240. The fourth-order valence-electron chi connectivity index (χ4n) is 4.27. The van der Waals surface area contributed by atoms with E-state index in [2.05, 4.69) is 26.6 Å². The van der Waals surface area contributed by atoms with Crippen molar-refractivity contribution < 1.29 is 9.13 Å². The number of hydrogen-bond donors (Lipinski definition) is 0. The highest BCUT2D eigenvalue weighted by molar-refractivity contribution is 6.31. The zero-order valence-electron chi connectivity index (χ0n) is 16.6. The van der Waals surface area contributed by atoms with Crippen molar-refractivity contribution >= 4 is 22.5 Å². The molecule has 4 aromatic rings. The molecule has 1 aliphatic rings. The molecule has 6 heteroatoms. The zero-order valence-corrected chi connectivity index (χ0v) is 17.4. The monoisotopic (exact) mass is 421 g/mol. The molecule has 0 unspecified atom stereocenters. The summed E-state index contributed by atoms with van der Waals surface area (Å²) in [5.74, 6) is 0.436. The Labute approximate surface area is 179 Å². The molecule has 0 saturated carbocycles. The van der Waals surface area contributed by atoms with E-state index >= 15 is 0 Å². The summed E-state index contributed by atoms with van der Waals surface area (Å²) >= 11 is 6.67. The first kappa shape index (κ1) is 19.1. The number of aromatic nitrogens is 2. The van der Waals surface area contributed by atoms with Gasteiger partial charge in [-0.1, -0.05) is 17.7 Å². The normalized spacial score (nSPS) is 14.1. The van der Waals surface area contributed by atoms with E-state index in [1.165, 1.54) is 17.2 Å². The van der Waals surface area contributed by atoms with Gasteiger partial charge in [-0.3, -0.25) is 4.90 Å². The Morgan fingerprint density at radius 1 is 1.17 bits per heavy atom. The molecule has 2 aromatic heterocycles. The van der Waals surface area contributed by atoms with Gasteiger partial charge < -0.3 is 9.30 Å². The van der Waals surface area contributed by atoms with Gasteiger partial charge in [0.15, 0.2) is 0 Å². The summed E-state index contributed by atoms with van der Waals surface area (Å²) < 4.78 is 21.0. The summed E-state index contributed by atoms with van der Waals surface area (Å²) in [4.78, 5) is 6.68. The van der Waals surface area contributed by atoms with Crippen LogP contribution in [-0.2, 0) is 19.5 Å². The molecular formula is C24H21ClFN3O. The third kappa shape index (κ3) is 3.44. The maximum Gasteiger partial charge on any atom is 0.217 e. The Hall–Kier alpha value is -2.89. The second kappa shape index (κ2) is 7.74. The average molecular weight is 422 g/mol. The molecule has 0 radical (unpaired) electrons. The first-order valence-corrected chi connectivity index (χ1v) is 10.3. The van der Waals surface area contributed by atoms with E-state index in [-0.39, 0.29) is 5.82 Å². The van der Waals surface area contributed by atoms with Crippen molar-refractivity contribution in [2.24, 2.45) is 0 Å². The summed E-state index contributed by atoms with van der Waals surface area (Å²) in [7, 11) is 1.65. The van der Waals surface area contributed by atoms with Gasteiger partial charge in [0, 0.05) is 53.7 Å². The van der Waals surface area contributed by atoms with E-state index in [0.717, 1.165) is 53.2 Å². The molecule has 5 rings (SSSR count). The number of ether oxygens (including phenoxy) is 1. The Morgan fingerprint density at radius 2 is 2.07 bits per heavy atom. The summed E-state index contributed by atoms with van der Waals surface area (Å²) in [5, 5.41) is 1.65. The number of benzene rings is 2. The van der Waals surface area contributed by atoms with E-state index in [1.54, 1.807) is 25.4 Å². The number of fused-ring (bicyclic) bond motifs is 2. The smallest absolute Gasteiger partial charge is 0.217 e. The lowest BCUT2D eigenvalue weighted by Crippen LogP contribution is -2.30. The highest BCUT2D eigenvalue weighted by atomic mass is 35.5. The second-order valence-corrected chi connectivity index (χ2v) is 7.99. The zero-order chi connectivity index (χ0) is 20.7. The van der Waals surface area contributed by atoms with Crippen molar-refractivity contribution in [3.8, 4) is 11.6 Å². The largest absolute Gasteiger partial charge is 0.481 e. The highest BCUT2D eigenvalue weighted by Crippen LogP contribution is 2.32. The molecule has 0 atom stereocenters. The molecule has 0 saturated heterocycles. The quantitative estimate of drug-likeness (QED) is 0.443. The van der Waals surface area contributed by atoms with Crippen molar-refractivity contribution in [2.45, 2.75) is 19.5 Å². The first-order chi connectivity index (χ1) is 14.6. The number of hydrogen-bond acceptors (Lipinski definition) is 3. The van der Waals surface area contributed by atoms with Crippen molar-refractivity contribution in [3.05, 3.63) is 88.5 Å².